The Morgan fingerprint density at radius 1 is 0.966 bits per heavy atom. The summed E-state index contributed by atoms with van der Waals surface area (Å²) in [6.45, 7) is 0.371. The number of ether oxygens (including phenoxy) is 1. The van der Waals surface area contributed by atoms with E-state index >= 15 is 0 Å². The van der Waals surface area contributed by atoms with Gasteiger partial charge in [-0.15, -0.1) is 0 Å². The van der Waals surface area contributed by atoms with Crippen LogP contribution in [-0.4, -0.2) is 16.1 Å². The number of carbonyl (C=O) groups excluding carboxylic acids is 1. The van der Waals surface area contributed by atoms with Crippen LogP contribution in [0.4, 0.5) is 13.2 Å². The first-order valence-electron chi connectivity index (χ1n) is 8.78. The molecule has 0 bridgehead atoms. The molecule has 0 unspecified atom stereocenters. The summed E-state index contributed by atoms with van der Waals surface area (Å²) < 4.78 is 45.6. The van der Waals surface area contributed by atoms with Crippen molar-refractivity contribution in [3.05, 3.63) is 89.6 Å². The number of nitrogens with zero attached hydrogens (tertiary/aromatic N) is 2. The lowest BCUT2D eigenvalue weighted by Crippen LogP contribution is -2.05. The SMILES string of the molecule is O=Cc1nn(-c2ccc(C(F)(F)F)cc2)c2ccc(OCc3ccccc3)cc12. The van der Waals surface area contributed by atoms with Gasteiger partial charge in [-0.2, -0.15) is 18.3 Å². The van der Waals surface area contributed by atoms with E-state index in [4.69, 9.17) is 4.74 Å². The maximum Gasteiger partial charge on any atom is 0.416 e. The first-order valence-corrected chi connectivity index (χ1v) is 8.78. The van der Waals surface area contributed by atoms with E-state index < -0.39 is 11.7 Å². The Bertz CT molecular complexity index is 1150. The lowest BCUT2D eigenvalue weighted by molar-refractivity contribution is -0.137. The number of aromatic nitrogens is 2. The van der Waals surface area contributed by atoms with Crippen molar-refractivity contribution in [1.29, 1.82) is 0 Å². The van der Waals surface area contributed by atoms with E-state index in [-0.39, 0.29) is 5.69 Å². The maximum atomic E-state index is 12.8. The van der Waals surface area contributed by atoms with Gasteiger partial charge in [-0.25, -0.2) is 4.68 Å². The Labute approximate surface area is 164 Å². The fourth-order valence-corrected chi connectivity index (χ4v) is 3.03. The Balaban J connectivity index is 1.67. The molecular formula is C22H15F3N2O2. The van der Waals surface area contributed by atoms with E-state index in [1.807, 2.05) is 30.3 Å². The van der Waals surface area contributed by atoms with Crippen LogP contribution in [0.2, 0.25) is 0 Å². The molecule has 4 aromatic rings. The Kier molecular flexibility index (Phi) is 4.80. The van der Waals surface area contributed by atoms with Crippen molar-refractivity contribution < 1.29 is 22.7 Å². The molecule has 3 aromatic carbocycles. The highest BCUT2D eigenvalue weighted by Gasteiger charge is 2.30. The molecule has 7 heteroatoms. The second-order valence-corrected chi connectivity index (χ2v) is 6.41. The molecule has 0 spiro atoms. The summed E-state index contributed by atoms with van der Waals surface area (Å²) in [5.74, 6) is 0.566. The topological polar surface area (TPSA) is 44.1 Å². The molecule has 0 aliphatic carbocycles. The van der Waals surface area contributed by atoms with E-state index in [0.717, 1.165) is 17.7 Å². The van der Waals surface area contributed by atoms with Gasteiger partial charge >= 0.3 is 6.18 Å². The number of alkyl halides is 3. The number of rotatable bonds is 5. The van der Waals surface area contributed by atoms with Gasteiger partial charge in [-0.05, 0) is 48.0 Å². The Morgan fingerprint density at radius 2 is 1.69 bits per heavy atom. The second kappa shape index (κ2) is 7.43. The number of fused-ring (bicyclic) bond motifs is 1. The van der Waals surface area contributed by atoms with Crippen LogP contribution >= 0.6 is 0 Å². The quantitative estimate of drug-likeness (QED) is 0.422. The highest BCUT2D eigenvalue weighted by Crippen LogP contribution is 2.31. The first-order chi connectivity index (χ1) is 14.0. The number of benzene rings is 3. The third-order valence-electron chi connectivity index (χ3n) is 4.48. The van der Waals surface area contributed by atoms with Gasteiger partial charge in [0.05, 0.1) is 16.8 Å². The second-order valence-electron chi connectivity index (χ2n) is 6.41. The predicted molar refractivity (Wildman–Crippen MR) is 102 cm³/mol. The molecule has 0 radical (unpaired) electrons. The largest absolute Gasteiger partial charge is 0.489 e. The summed E-state index contributed by atoms with van der Waals surface area (Å²) in [6.07, 6.45) is -3.80. The summed E-state index contributed by atoms with van der Waals surface area (Å²) in [6, 6.07) is 19.4. The lowest BCUT2D eigenvalue weighted by Gasteiger charge is -2.09. The van der Waals surface area contributed by atoms with Crippen LogP contribution in [-0.2, 0) is 12.8 Å². The fourth-order valence-electron chi connectivity index (χ4n) is 3.03. The number of hydrogen-bond acceptors (Lipinski definition) is 3. The third-order valence-corrected chi connectivity index (χ3v) is 4.48. The predicted octanol–water partition coefficient (Wildman–Crippen LogP) is 5.44. The molecule has 0 saturated carbocycles. The molecule has 4 nitrogen and oxygen atoms in total. The summed E-state index contributed by atoms with van der Waals surface area (Å²) in [4.78, 5) is 11.5. The monoisotopic (exact) mass is 396 g/mol. The van der Waals surface area contributed by atoms with E-state index in [2.05, 4.69) is 5.10 Å². The highest BCUT2D eigenvalue weighted by molar-refractivity contribution is 5.96. The van der Waals surface area contributed by atoms with Gasteiger partial charge < -0.3 is 4.74 Å². The lowest BCUT2D eigenvalue weighted by atomic mass is 10.2. The van der Waals surface area contributed by atoms with E-state index in [1.165, 1.54) is 16.8 Å². The molecule has 4 rings (SSSR count). The number of hydrogen-bond donors (Lipinski definition) is 0. The number of carbonyl (C=O) groups is 1. The molecule has 0 aliphatic heterocycles. The van der Waals surface area contributed by atoms with Crippen molar-refractivity contribution >= 4 is 17.2 Å². The van der Waals surface area contributed by atoms with Crippen molar-refractivity contribution in [3.63, 3.8) is 0 Å². The molecule has 0 aliphatic rings. The van der Waals surface area contributed by atoms with Crippen LogP contribution < -0.4 is 4.74 Å². The van der Waals surface area contributed by atoms with Crippen molar-refractivity contribution in [2.45, 2.75) is 12.8 Å². The molecular weight excluding hydrogens is 381 g/mol. The summed E-state index contributed by atoms with van der Waals surface area (Å²) in [5.41, 5.74) is 1.46. The zero-order valence-electron chi connectivity index (χ0n) is 15.1. The molecule has 0 amide bonds. The van der Waals surface area contributed by atoms with Crippen molar-refractivity contribution in [2.75, 3.05) is 0 Å². The zero-order valence-corrected chi connectivity index (χ0v) is 15.1. The minimum Gasteiger partial charge on any atom is -0.489 e. The molecule has 0 fully saturated rings. The third kappa shape index (κ3) is 3.85. The molecule has 29 heavy (non-hydrogen) atoms. The van der Waals surface area contributed by atoms with E-state index in [0.29, 0.717) is 35.2 Å². The Hall–Kier alpha value is -3.61. The first kappa shape index (κ1) is 18.7. The number of halogens is 3. The number of aldehydes is 1. The van der Waals surface area contributed by atoms with E-state index in [1.54, 1.807) is 18.2 Å². The van der Waals surface area contributed by atoms with Crippen LogP contribution in [0.25, 0.3) is 16.6 Å². The highest BCUT2D eigenvalue weighted by atomic mass is 19.4. The van der Waals surface area contributed by atoms with Gasteiger partial charge in [0.25, 0.3) is 0 Å². The average Bonchev–Trinajstić information content (AvgIpc) is 3.10. The molecule has 0 atom stereocenters. The van der Waals surface area contributed by atoms with Crippen LogP contribution in [0.5, 0.6) is 5.75 Å². The summed E-state index contributed by atoms with van der Waals surface area (Å²) in [7, 11) is 0. The molecule has 1 heterocycles. The van der Waals surface area contributed by atoms with Crippen LogP contribution in [0.15, 0.2) is 72.8 Å². The van der Waals surface area contributed by atoms with Crippen molar-refractivity contribution in [1.82, 2.24) is 9.78 Å². The van der Waals surface area contributed by atoms with Crippen LogP contribution in [0, 0.1) is 0 Å². The summed E-state index contributed by atoms with van der Waals surface area (Å²) >= 11 is 0. The minimum atomic E-state index is -4.41. The van der Waals surface area contributed by atoms with Crippen molar-refractivity contribution in [3.8, 4) is 11.4 Å². The van der Waals surface area contributed by atoms with Crippen LogP contribution in [0.3, 0.4) is 0 Å². The fraction of sp³-hybridized carbons (Fsp3) is 0.0909. The normalized spacial score (nSPS) is 11.6. The minimum absolute atomic E-state index is 0.185. The van der Waals surface area contributed by atoms with Crippen molar-refractivity contribution in [2.24, 2.45) is 0 Å². The molecule has 0 saturated heterocycles. The summed E-state index contributed by atoms with van der Waals surface area (Å²) in [5, 5.41) is 4.80. The molecule has 0 N–H and O–H groups in total. The molecule has 1 aromatic heterocycles. The molecule has 146 valence electrons. The van der Waals surface area contributed by atoms with E-state index in [9.17, 15) is 18.0 Å². The smallest absolute Gasteiger partial charge is 0.416 e. The van der Waals surface area contributed by atoms with Gasteiger partial charge in [0, 0.05) is 5.39 Å². The standard InChI is InChI=1S/C22H15F3N2O2/c23-22(24,25)16-6-8-17(9-7-16)27-21-11-10-18(12-19(21)20(13-28)26-27)29-14-15-4-2-1-3-5-15/h1-13H,14H2. The Morgan fingerprint density at radius 3 is 2.34 bits per heavy atom. The van der Waals surface area contributed by atoms with Gasteiger partial charge in [0.1, 0.15) is 18.1 Å². The van der Waals surface area contributed by atoms with Gasteiger partial charge in [0.2, 0.25) is 0 Å². The average molecular weight is 396 g/mol. The maximum absolute atomic E-state index is 12.8. The van der Waals surface area contributed by atoms with Gasteiger partial charge in [0.15, 0.2) is 6.29 Å². The van der Waals surface area contributed by atoms with Gasteiger partial charge in [-0.3, -0.25) is 4.79 Å². The zero-order chi connectivity index (χ0) is 20.4. The van der Waals surface area contributed by atoms with Crippen LogP contribution in [0.1, 0.15) is 21.6 Å². The van der Waals surface area contributed by atoms with Gasteiger partial charge in [-0.1, -0.05) is 30.3 Å².